The van der Waals surface area contributed by atoms with Crippen LogP contribution in [0.1, 0.15) is 66.2 Å². The lowest BCUT2D eigenvalue weighted by Crippen LogP contribution is -2.25. The summed E-state index contributed by atoms with van der Waals surface area (Å²) in [5.74, 6) is -0.941. The molecular weight excluding hydrogens is 216 g/mol. The van der Waals surface area contributed by atoms with Crippen molar-refractivity contribution in [3.63, 3.8) is 0 Å². The van der Waals surface area contributed by atoms with E-state index in [4.69, 9.17) is 4.74 Å². The molecule has 17 heavy (non-hydrogen) atoms. The van der Waals surface area contributed by atoms with E-state index < -0.39 is 0 Å². The molecule has 0 rings (SSSR count). The topological polar surface area (TPSA) is 43.4 Å². The van der Waals surface area contributed by atoms with Crippen LogP contribution in [0.5, 0.6) is 0 Å². The molecule has 0 N–H and O–H groups in total. The maximum absolute atomic E-state index is 11.8. The number of carbonyl (C=O) groups is 2. The zero-order valence-electron chi connectivity index (χ0n) is 11.6. The molecule has 0 aliphatic carbocycles. The first kappa shape index (κ1) is 16.1. The molecular formula is C14H26O3. The average molecular weight is 242 g/mol. The van der Waals surface area contributed by atoms with Crippen molar-refractivity contribution < 1.29 is 14.3 Å². The van der Waals surface area contributed by atoms with E-state index in [0.29, 0.717) is 0 Å². The summed E-state index contributed by atoms with van der Waals surface area (Å²) >= 11 is 0. The van der Waals surface area contributed by atoms with Gasteiger partial charge >= 0.3 is 11.9 Å². The number of unbranched alkanes of at least 4 members (excludes halogenated alkanes) is 1. The highest BCUT2D eigenvalue weighted by Gasteiger charge is 2.24. The first-order chi connectivity index (χ1) is 8.10. The van der Waals surface area contributed by atoms with Crippen LogP contribution in [0, 0.1) is 11.8 Å². The Morgan fingerprint density at radius 3 is 1.76 bits per heavy atom. The monoisotopic (exact) mass is 242 g/mol. The average Bonchev–Trinajstić information content (AvgIpc) is 2.31. The molecule has 0 heterocycles. The summed E-state index contributed by atoms with van der Waals surface area (Å²) in [4.78, 5) is 23.5. The van der Waals surface area contributed by atoms with Crippen molar-refractivity contribution in [1.82, 2.24) is 0 Å². The number of carbonyl (C=O) groups excluding carboxylic acids is 2. The van der Waals surface area contributed by atoms with E-state index >= 15 is 0 Å². The van der Waals surface area contributed by atoms with E-state index in [1.807, 2.05) is 20.8 Å². The number of hydrogen-bond acceptors (Lipinski definition) is 3. The van der Waals surface area contributed by atoms with E-state index in [-0.39, 0.29) is 23.8 Å². The third-order valence-electron chi connectivity index (χ3n) is 3.25. The fraction of sp³-hybridized carbons (Fsp3) is 0.857. The highest BCUT2D eigenvalue weighted by Crippen LogP contribution is 2.17. The van der Waals surface area contributed by atoms with Crippen molar-refractivity contribution in [2.45, 2.75) is 66.2 Å². The third kappa shape index (κ3) is 5.85. The second-order valence-electron chi connectivity index (χ2n) is 4.50. The maximum atomic E-state index is 11.8. The summed E-state index contributed by atoms with van der Waals surface area (Å²) in [6.45, 7) is 7.93. The summed E-state index contributed by atoms with van der Waals surface area (Å²) in [6.07, 6.45) is 5.09. The molecule has 0 saturated heterocycles. The number of esters is 2. The van der Waals surface area contributed by atoms with Crippen LogP contribution in [0.25, 0.3) is 0 Å². The summed E-state index contributed by atoms with van der Waals surface area (Å²) in [5, 5.41) is 0. The first-order valence-electron chi connectivity index (χ1n) is 6.86. The SMILES string of the molecule is CCCCC(CC)C(=O)OC(=O)C(CC)CC. The molecule has 0 aliphatic heterocycles. The van der Waals surface area contributed by atoms with Crippen molar-refractivity contribution >= 4 is 11.9 Å². The van der Waals surface area contributed by atoms with E-state index in [0.717, 1.165) is 38.5 Å². The van der Waals surface area contributed by atoms with E-state index in [1.165, 1.54) is 0 Å². The van der Waals surface area contributed by atoms with Gasteiger partial charge < -0.3 is 4.74 Å². The largest absolute Gasteiger partial charge is 0.393 e. The summed E-state index contributed by atoms with van der Waals surface area (Å²) in [5.41, 5.74) is 0. The Balaban J connectivity index is 4.25. The molecule has 0 aromatic carbocycles. The third-order valence-corrected chi connectivity index (χ3v) is 3.25. The molecule has 0 aromatic heterocycles. The Labute approximate surface area is 105 Å². The van der Waals surface area contributed by atoms with Gasteiger partial charge in [-0.1, -0.05) is 40.5 Å². The maximum Gasteiger partial charge on any atom is 0.316 e. The Bertz CT molecular complexity index is 232. The standard InChI is InChI=1S/C14H26O3/c1-5-9-10-12(8-4)14(16)17-13(15)11(6-2)7-3/h11-12H,5-10H2,1-4H3. The van der Waals surface area contributed by atoms with Gasteiger partial charge in [-0.05, 0) is 25.7 Å². The predicted octanol–water partition coefficient (Wildman–Crippen LogP) is 3.71. The van der Waals surface area contributed by atoms with E-state index in [9.17, 15) is 9.59 Å². The van der Waals surface area contributed by atoms with Crippen molar-refractivity contribution in [3.05, 3.63) is 0 Å². The number of ether oxygens (including phenoxy) is 1. The minimum atomic E-state index is -0.352. The second kappa shape index (κ2) is 9.20. The van der Waals surface area contributed by atoms with Gasteiger partial charge in [0, 0.05) is 0 Å². The molecule has 0 aromatic rings. The van der Waals surface area contributed by atoms with Crippen LogP contribution in [0.15, 0.2) is 0 Å². The van der Waals surface area contributed by atoms with Crippen molar-refractivity contribution in [1.29, 1.82) is 0 Å². The van der Waals surface area contributed by atoms with Gasteiger partial charge in [0.15, 0.2) is 0 Å². The Hall–Kier alpha value is -0.860. The minimum absolute atomic E-state index is 0.117. The molecule has 0 bridgehead atoms. The minimum Gasteiger partial charge on any atom is -0.393 e. The van der Waals surface area contributed by atoms with Crippen LogP contribution in [0.2, 0.25) is 0 Å². The zero-order chi connectivity index (χ0) is 13.3. The molecule has 0 radical (unpaired) electrons. The highest BCUT2D eigenvalue weighted by atomic mass is 16.6. The summed E-state index contributed by atoms with van der Waals surface area (Å²) < 4.78 is 4.97. The lowest BCUT2D eigenvalue weighted by molar-refractivity contribution is -0.165. The zero-order valence-corrected chi connectivity index (χ0v) is 11.6. The van der Waals surface area contributed by atoms with Crippen LogP contribution in [0.3, 0.4) is 0 Å². The smallest absolute Gasteiger partial charge is 0.316 e. The molecule has 100 valence electrons. The molecule has 1 unspecified atom stereocenters. The predicted molar refractivity (Wildman–Crippen MR) is 68.5 cm³/mol. The number of hydrogen-bond donors (Lipinski definition) is 0. The number of rotatable bonds is 8. The molecule has 0 saturated carbocycles. The quantitative estimate of drug-likeness (QED) is 0.481. The second-order valence-corrected chi connectivity index (χ2v) is 4.50. The lowest BCUT2D eigenvalue weighted by Gasteiger charge is -2.15. The van der Waals surface area contributed by atoms with Gasteiger partial charge in [-0.3, -0.25) is 9.59 Å². The highest BCUT2D eigenvalue weighted by molar-refractivity contribution is 5.87. The van der Waals surface area contributed by atoms with Gasteiger partial charge in [0.2, 0.25) is 0 Å². The lowest BCUT2D eigenvalue weighted by atomic mass is 9.99. The van der Waals surface area contributed by atoms with Crippen molar-refractivity contribution in [2.75, 3.05) is 0 Å². The van der Waals surface area contributed by atoms with Gasteiger partial charge in [-0.15, -0.1) is 0 Å². The first-order valence-corrected chi connectivity index (χ1v) is 6.86. The van der Waals surface area contributed by atoms with Crippen LogP contribution in [-0.2, 0) is 14.3 Å². The molecule has 1 atom stereocenters. The van der Waals surface area contributed by atoms with Crippen LogP contribution in [-0.4, -0.2) is 11.9 Å². The summed E-state index contributed by atoms with van der Waals surface area (Å²) in [7, 11) is 0. The summed E-state index contributed by atoms with van der Waals surface area (Å²) in [6, 6.07) is 0. The normalized spacial score (nSPS) is 12.5. The molecule has 3 heteroatoms. The van der Waals surface area contributed by atoms with Gasteiger partial charge in [0.1, 0.15) is 0 Å². The molecule has 3 nitrogen and oxygen atoms in total. The van der Waals surface area contributed by atoms with Gasteiger partial charge in [-0.2, -0.15) is 0 Å². The molecule has 0 spiro atoms. The van der Waals surface area contributed by atoms with Crippen LogP contribution in [0.4, 0.5) is 0 Å². The van der Waals surface area contributed by atoms with E-state index in [1.54, 1.807) is 0 Å². The van der Waals surface area contributed by atoms with E-state index in [2.05, 4.69) is 6.92 Å². The Morgan fingerprint density at radius 1 is 0.882 bits per heavy atom. The molecule has 0 amide bonds. The van der Waals surface area contributed by atoms with Crippen LogP contribution >= 0.6 is 0 Å². The van der Waals surface area contributed by atoms with Crippen molar-refractivity contribution in [2.24, 2.45) is 11.8 Å². The van der Waals surface area contributed by atoms with Gasteiger partial charge in [0.25, 0.3) is 0 Å². The van der Waals surface area contributed by atoms with Crippen LogP contribution < -0.4 is 0 Å². The Morgan fingerprint density at radius 2 is 1.35 bits per heavy atom. The molecule has 0 fully saturated rings. The van der Waals surface area contributed by atoms with Gasteiger partial charge in [0.05, 0.1) is 11.8 Å². The van der Waals surface area contributed by atoms with Gasteiger partial charge in [-0.25, -0.2) is 0 Å². The fourth-order valence-electron chi connectivity index (χ4n) is 1.83. The fourth-order valence-corrected chi connectivity index (χ4v) is 1.83. The van der Waals surface area contributed by atoms with Crippen molar-refractivity contribution in [3.8, 4) is 0 Å². The molecule has 0 aliphatic rings. The Kier molecular flexibility index (Phi) is 8.73.